The molecule has 2 aromatic heterocycles. The lowest BCUT2D eigenvalue weighted by Crippen LogP contribution is -2.13. The Balaban J connectivity index is 1.66. The van der Waals surface area contributed by atoms with Gasteiger partial charge in [0.1, 0.15) is 0 Å². The summed E-state index contributed by atoms with van der Waals surface area (Å²) in [5.74, 6) is 0. The Bertz CT molecular complexity index is 537. The number of rotatable bonds is 4. The first kappa shape index (κ1) is 12.9. The molecule has 1 fully saturated rings. The van der Waals surface area contributed by atoms with Gasteiger partial charge in [-0.15, -0.1) is 11.3 Å². The second-order valence-corrected chi connectivity index (χ2v) is 6.80. The number of aromatic nitrogens is 2. The summed E-state index contributed by atoms with van der Waals surface area (Å²) in [5.41, 5.74) is 7.38. The third-order valence-corrected chi connectivity index (χ3v) is 5.05. The Kier molecular flexibility index (Phi) is 3.71. The van der Waals surface area contributed by atoms with E-state index < -0.39 is 0 Å². The van der Waals surface area contributed by atoms with E-state index in [1.165, 1.54) is 35.4 Å². The van der Waals surface area contributed by atoms with E-state index in [9.17, 15) is 0 Å². The van der Waals surface area contributed by atoms with Crippen molar-refractivity contribution < 1.29 is 0 Å². The second-order valence-electron chi connectivity index (χ2n) is 5.48. The summed E-state index contributed by atoms with van der Waals surface area (Å²) in [6.45, 7) is 2.12. The molecule has 19 heavy (non-hydrogen) atoms. The van der Waals surface area contributed by atoms with Gasteiger partial charge in [-0.25, -0.2) is 0 Å². The maximum atomic E-state index is 6.26. The zero-order valence-corrected chi connectivity index (χ0v) is 12.2. The van der Waals surface area contributed by atoms with Crippen molar-refractivity contribution in [2.24, 2.45) is 5.73 Å². The minimum absolute atomic E-state index is 0.0747. The van der Waals surface area contributed by atoms with Gasteiger partial charge < -0.3 is 5.73 Å². The Morgan fingerprint density at radius 2 is 2.16 bits per heavy atom. The average Bonchev–Trinajstić information content (AvgIpc) is 3.07. The number of thiophene rings is 1. The van der Waals surface area contributed by atoms with Crippen LogP contribution >= 0.6 is 11.3 Å². The third-order valence-electron chi connectivity index (χ3n) is 3.92. The number of nitrogens with zero attached hydrogens (tertiary/aromatic N) is 2. The van der Waals surface area contributed by atoms with Crippen LogP contribution in [-0.2, 0) is 6.42 Å². The highest BCUT2D eigenvalue weighted by Gasteiger charge is 2.18. The van der Waals surface area contributed by atoms with Crippen molar-refractivity contribution >= 4 is 11.3 Å². The minimum Gasteiger partial charge on any atom is -0.323 e. The summed E-state index contributed by atoms with van der Waals surface area (Å²) in [6.07, 6.45) is 8.19. The van der Waals surface area contributed by atoms with Crippen molar-refractivity contribution in [2.75, 3.05) is 0 Å². The zero-order chi connectivity index (χ0) is 13.2. The highest BCUT2D eigenvalue weighted by Crippen LogP contribution is 2.29. The lowest BCUT2D eigenvalue weighted by molar-refractivity contribution is 0.461. The molecule has 102 valence electrons. The predicted octanol–water partition coefficient (Wildman–Crippen LogP) is 3.61. The SMILES string of the molecule is Cc1ccc(C(N)Cc2ccn(C3CCCC3)n2)s1. The van der Waals surface area contributed by atoms with Gasteiger partial charge in [0.15, 0.2) is 0 Å². The van der Waals surface area contributed by atoms with Crippen LogP contribution in [-0.4, -0.2) is 9.78 Å². The molecule has 2 heterocycles. The molecule has 0 amide bonds. The first-order valence-electron chi connectivity index (χ1n) is 7.08. The van der Waals surface area contributed by atoms with Gasteiger partial charge in [-0.2, -0.15) is 5.10 Å². The van der Waals surface area contributed by atoms with E-state index in [1.807, 2.05) is 0 Å². The van der Waals surface area contributed by atoms with Gasteiger partial charge in [-0.1, -0.05) is 12.8 Å². The molecule has 1 atom stereocenters. The quantitative estimate of drug-likeness (QED) is 0.926. The van der Waals surface area contributed by atoms with Crippen LogP contribution in [0.1, 0.15) is 53.2 Å². The number of aryl methyl sites for hydroxylation is 1. The fourth-order valence-electron chi connectivity index (χ4n) is 2.84. The maximum absolute atomic E-state index is 6.26. The van der Waals surface area contributed by atoms with Crippen molar-refractivity contribution in [3.8, 4) is 0 Å². The predicted molar refractivity (Wildman–Crippen MR) is 79.4 cm³/mol. The molecule has 4 heteroatoms. The first-order chi connectivity index (χ1) is 9.22. The van der Waals surface area contributed by atoms with E-state index in [0.717, 1.165) is 12.1 Å². The van der Waals surface area contributed by atoms with Crippen molar-refractivity contribution in [3.63, 3.8) is 0 Å². The summed E-state index contributed by atoms with van der Waals surface area (Å²) >= 11 is 1.79. The molecular formula is C15H21N3S. The van der Waals surface area contributed by atoms with E-state index in [2.05, 4.69) is 36.0 Å². The average molecular weight is 275 g/mol. The lowest BCUT2D eigenvalue weighted by Gasteiger charge is -2.10. The van der Waals surface area contributed by atoms with Crippen LogP contribution in [0.3, 0.4) is 0 Å². The molecule has 0 spiro atoms. The molecule has 2 N–H and O–H groups in total. The topological polar surface area (TPSA) is 43.8 Å². The molecule has 0 aromatic carbocycles. The summed E-state index contributed by atoms with van der Waals surface area (Å²) < 4.78 is 2.15. The van der Waals surface area contributed by atoms with Gasteiger partial charge >= 0.3 is 0 Å². The summed E-state index contributed by atoms with van der Waals surface area (Å²) in [7, 11) is 0. The van der Waals surface area contributed by atoms with Crippen LogP contribution in [0.15, 0.2) is 24.4 Å². The Hall–Kier alpha value is -1.13. The molecule has 3 rings (SSSR count). The molecule has 3 nitrogen and oxygen atoms in total. The Morgan fingerprint density at radius 1 is 1.37 bits per heavy atom. The van der Waals surface area contributed by atoms with Crippen LogP contribution in [0.2, 0.25) is 0 Å². The molecule has 2 aromatic rings. The van der Waals surface area contributed by atoms with E-state index in [4.69, 9.17) is 10.8 Å². The fraction of sp³-hybridized carbons (Fsp3) is 0.533. The van der Waals surface area contributed by atoms with Crippen LogP contribution in [0.4, 0.5) is 0 Å². The molecule has 1 saturated carbocycles. The van der Waals surface area contributed by atoms with Crippen molar-refractivity contribution in [3.05, 3.63) is 39.8 Å². The van der Waals surface area contributed by atoms with Crippen molar-refractivity contribution in [1.82, 2.24) is 9.78 Å². The van der Waals surface area contributed by atoms with Gasteiger partial charge in [-0.3, -0.25) is 4.68 Å². The van der Waals surface area contributed by atoms with Crippen LogP contribution in [0.5, 0.6) is 0 Å². The number of nitrogens with two attached hydrogens (primary N) is 1. The molecule has 0 aliphatic heterocycles. The summed E-state index contributed by atoms with van der Waals surface area (Å²) in [4.78, 5) is 2.58. The second kappa shape index (κ2) is 5.47. The van der Waals surface area contributed by atoms with E-state index in [0.29, 0.717) is 6.04 Å². The van der Waals surface area contributed by atoms with Gasteiger partial charge in [0, 0.05) is 28.4 Å². The van der Waals surface area contributed by atoms with E-state index in [-0.39, 0.29) is 6.04 Å². The Morgan fingerprint density at radius 3 is 2.84 bits per heavy atom. The van der Waals surface area contributed by atoms with Crippen molar-refractivity contribution in [2.45, 2.75) is 51.1 Å². The number of hydrogen-bond acceptors (Lipinski definition) is 3. The smallest absolute Gasteiger partial charge is 0.0643 e. The highest BCUT2D eigenvalue weighted by atomic mass is 32.1. The minimum atomic E-state index is 0.0747. The van der Waals surface area contributed by atoms with Gasteiger partial charge in [0.25, 0.3) is 0 Å². The molecular weight excluding hydrogens is 254 g/mol. The molecule has 1 unspecified atom stereocenters. The summed E-state index contributed by atoms with van der Waals surface area (Å²) in [5, 5.41) is 4.71. The lowest BCUT2D eigenvalue weighted by atomic mass is 10.1. The zero-order valence-electron chi connectivity index (χ0n) is 11.4. The summed E-state index contributed by atoms with van der Waals surface area (Å²) in [6, 6.07) is 7.09. The highest BCUT2D eigenvalue weighted by molar-refractivity contribution is 7.12. The van der Waals surface area contributed by atoms with Gasteiger partial charge in [0.05, 0.1) is 11.7 Å². The molecule has 0 bridgehead atoms. The standard InChI is InChI=1S/C15H21N3S/c1-11-6-7-15(19-11)14(16)10-12-8-9-18(17-12)13-4-2-3-5-13/h6-9,13-14H,2-5,10,16H2,1H3. The first-order valence-corrected chi connectivity index (χ1v) is 7.90. The number of hydrogen-bond donors (Lipinski definition) is 1. The fourth-order valence-corrected chi connectivity index (χ4v) is 3.72. The molecule has 1 aliphatic carbocycles. The van der Waals surface area contributed by atoms with Gasteiger partial charge in [-0.05, 0) is 38.0 Å². The molecule has 0 radical (unpaired) electrons. The van der Waals surface area contributed by atoms with Crippen LogP contribution < -0.4 is 5.73 Å². The Labute approximate surface area is 118 Å². The van der Waals surface area contributed by atoms with Crippen LogP contribution in [0.25, 0.3) is 0 Å². The third kappa shape index (κ3) is 2.90. The largest absolute Gasteiger partial charge is 0.323 e. The van der Waals surface area contributed by atoms with Gasteiger partial charge in [0.2, 0.25) is 0 Å². The van der Waals surface area contributed by atoms with E-state index >= 15 is 0 Å². The maximum Gasteiger partial charge on any atom is 0.0643 e. The normalized spacial score (nSPS) is 18.0. The van der Waals surface area contributed by atoms with Crippen molar-refractivity contribution in [1.29, 1.82) is 0 Å². The molecule has 1 aliphatic rings. The van der Waals surface area contributed by atoms with E-state index in [1.54, 1.807) is 11.3 Å². The monoisotopic (exact) mass is 275 g/mol. The molecule has 0 saturated heterocycles. The van der Waals surface area contributed by atoms with Crippen LogP contribution in [0, 0.1) is 6.92 Å².